The van der Waals surface area contributed by atoms with Crippen molar-refractivity contribution in [2.75, 3.05) is 11.4 Å². The van der Waals surface area contributed by atoms with Crippen molar-refractivity contribution in [2.24, 2.45) is 0 Å². The molecule has 0 saturated carbocycles. The number of halogens is 1. The fourth-order valence-corrected chi connectivity index (χ4v) is 2.51. The molecule has 0 N–H and O–H groups in total. The number of aromatic nitrogens is 2. The average molecular weight is 353 g/mol. The molecular formula is C14H16IN3. The molecule has 0 amide bonds. The highest BCUT2D eigenvalue weighted by Gasteiger charge is 2.11. The average Bonchev–Trinajstić information content (AvgIpc) is 2.39. The summed E-state index contributed by atoms with van der Waals surface area (Å²) in [7, 11) is 0. The largest absolute Gasteiger partial charge is 0.352 e. The van der Waals surface area contributed by atoms with Crippen LogP contribution in [-0.2, 0) is 6.54 Å². The van der Waals surface area contributed by atoms with Crippen LogP contribution in [-0.4, -0.2) is 16.5 Å². The van der Waals surface area contributed by atoms with Gasteiger partial charge in [-0.15, -0.1) is 0 Å². The minimum atomic E-state index is 0.885. The van der Waals surface area contributed by atoms with Gasteiger partial charge in [-0.25, -0.2) is 9.97 Å². The number of nitrogens with zero attached hydrogens (tertiary/aromatic N) is 3. The van der Waals surface area contributed by atoms with Gasteiger partial charge >= 0.3 is 0 Å². The van der Waals surface area contributed by atoms with E-state index < -0.39 is 0 Å². The molecule has 0 saturated heterocycles. The quantitative estimate of drug-likeness (QED) is 0.789. The summed E-state index contributed by atoms with van der Waals surface area (Å²) in [6.07, 6.45) is 3.46. The molecule has 1 aromatic carbocycles. The minimum absolute atomic E-state index is 0.885. The SMILES string of the molecule is CCN(Cc1ccccc1C)c1ncncc1I. The maximum atomic E-state index is 4.38. The fraction of sp³-hybridized carbons (Fsp3) is 0.286. The Bertz CT molecular complexity index is 528. The van der Waals surface area contributed by atoms with E-state index in [1.807, 2.05) is 6.20 Å². The van der Waals surface area contributed by atoms with Crippen molar-refractivity contribution >= 4 is 28.4 Å². The lowest BCUT2D eigenvalue weighted by molar-refractivity contribution is 0.802. The van der Waals surface area contributed by atoms with Crippen molar-refractivity contribution in [3.8, 4) is 0 Å². The van der Waals surface area contributed by atoms with Crippen LogP contribution in [0.2, 0.25) is 0 Å². The summed E-state index contributed by atoms with van der Waals surface area (Å²) in [6, 6.07) is 8.48. The normalized spacial score (nSPS) is 10.4. The first-order chi connectivity index (χ1) is 8.72. The monoisotopic (exact) mass is 353 g/mol. The molecule has 0 fully saturated rings. The van der Waals surface area contributed by atoms with E-state index in [0.29, 0.717) is 0 Å². The number of anilines is 1. The molecule has 2 rings (SSSR count). The Labute approximate surface area is 121 Å². The van der Waals surface area contributed by atoms with Gasteiger partial charge in [0.15, 0.2) is 0 Å². The second-order valence-electron chi connectivity index (χ2n) is 4.13. The van der Waals surface area contributed by atoms with E-state index in [9.17, 15) is 0 Å². The Hall–Kier alpha value is -1.17. The van der Waals surface area contributed by atoms with Gasteiger partial charge in [-0.1, -0.05) is 24.3 Å². The summed E-state index contributed by atoms with van der Waals surface area (Å²) in [6.45, 7) is 6.11. The number of rotatable bonds is 4. The Kier molecular flexibility index (Phi) is 4.52. The Morgan fingerprint density at radius 3 is 2.72 bits per heavy atom. The first-order valence-electron chi connectivity index (χ1n) is 5.97. The molecular weight excluding hydrogens is 337 g/mol. The maximum Gasteiger partial charge on any atom is 0.145 e. The van der Waals surface area contributed by atoms with E-state index in [1.165, 1.54) is 11.1 Å². The van der Waals surface area contributed by atoms with Crippen molar-refractivity contribution in [3.05, 3.63) is 51.5 Å². The summed E-state index contributed by atoms with van der Waals surface area (Å²) in [5, 5.41) is 0. The van der Waals surface area contributed by atoms with Gasteiger partial charge in [0.05, 0.1) is 3.57 Å². The predicted octanol–water partition coefficient (Wildman–Crippen LogP) is 3.42. The van der Waals surface area contributed by atoms with E-state index >= 15 is 0 Å². The molecule has 4 heteroatoms. The smallest absolute Gasteiger partial charge is 0.145 e. The zero-order valence-corrected chi connectivity index (χ0v) is 12.8. The van der Waals surface area contributed by atoms with E-state index in [1.54, 1.807) is 6.33 Å². The molecule has 0 spiro atoms. The molecule has 0 unspecified atom stereocenters. The standard InChI is InChI=1S/C14H16IN3/c1-3-18(14-13(15)8-16-10-17-14)9-12-7-5-4-6-11(12)2/h4-8,10H,3,9H2,1-2H3. The van der Waals surface area contributed by atoms with Crippen LogP contribution >= 0.6 is 22.6 Å². The van der Waals surface area contributed by atoms with Crippen LogP contribution in [0.15, 0.2) is 36.8 Å². The highest BCUT2D eigenvalue weighted by atomic mass is 127. The highest BCUT2D eigenvalue weighted by molar-refractivity contribution is 14.1. The second kappa shape index (κ2) is 6.13. The third kappa shape index (κ3) is 2.98. The lowest BCUT2D eigenvalue weighted by atomic mass is 10.1. The molecule has 3 nitrogen and oxygen atoms in total. The molecule has 0 aliphatic heterocycles. The van der Waals surface area contributed by atoms with E-state index in [4.69, 9.17) is 0 Å². The van der Waals surface area contributed by atoms with Gasteiger partial charge in [-0.05, 0) is 47.6 Å². The van der Waals surface area contributed by atoms with Gasteiger partial charge in [0, 0.05) is 19.3 Å². The lowest BCUT2D eigenvalue weighted by Crippen LogP contribution is -2.24. The van der Waals surface area contributed by atoms with Gasteiger partial charge in [0.1, 0.15) is 12.1 Å². The third-order valence-corrected chi connectivity index (χ3v) is 3.71. The molecule has 0 bridgehead atoms. The molecule has 0 atom stereocenters. The molecule has 0 radical (unpaired) electrons. The summed E-state index contributed by atoms with van der Waals surface area (Å²) in [5.74, 6) is 1.01. The van der Waals surface area contributed by atoms with Crippen LogP contribution < -0.4 is 4.90 Å². The van der Waals surface area contributed by atoms with Crippen molar-refractivity contribution in [1.82, 2.24) is 9.97 Å². The van der Waals surface area contributed by atoms with Gasteiger partial charge < -0.3 is 4.90 Å². The van der Waals surface area contributed by atoms with Crippen LogP contribution in [0.4, 0.5) is 5.82 Å². The van der Waals surface area contributed by atoms with Crippen molar-refractivity contribution in [3.63, 3.8) is 0 Å². The first kappa shape index (κ1) is 13.3. The molecule has 2 aromatic rings. The van der Waals surface area contributed by atoms with Crippen LogP contribution in [0.5, 0.6) is 0 Å². The van der Waals surface area contributed by atoms with Crippen LogP contribution in [0.25, 0.3) is 0 Å². The fourth-order valence-electron chi connectivity index (χ4n) is 1.87. The van der Waals surface area contributed by atoms with Gasteiger partial charge in [0.2, 0.25) is 0 Å². The first-order valence-corrected chi connectivity index (χ1v) is 7.05. The molecule has 94 valence electrons. The molecule has 1 aromatic heterocycles. The summed E-state index contributed by atoms with van der Waals surface area (Å²) >= 11 is 2.28. The van der Waals surface area contributed by atoms with E-state index in [-0.39, 0.29) is 0 Å². The number of aryl methyl sites for hydroxylation is 1. The van der Waals surface area contributed by atoms with Crippen molar-refractivity contribution in [2.45, 2.75) is 20.4 Å². The van der Waals surface area contributed by atoms with Gasteiger partial charge in [0.25, 0.3) is 0 Å². The summed E-state index contributed by atoms with van der Waals surface area (Å²) in [4.78, 5) is 10.7. The molecule has 0 aliphatic carbocycles. The zero-order valence-electron chi connectivity index (χ0n) is 10.6. The van der Waals surface area contributed by atoms with Crippen molar-refractivity contribution < 1.29 is 0 Å². The molecule has 18 heavy (non-hydrogen) atoms. The lowest BCUT2D eigenvalue weighted by Gasteiger charge is -2.23. The number of benzene rings is 1. The topological polar surface area (TPSA) is 29.0 Å². The number of hydrogen-bond acceptors (Lipinski definition) is 3. The van der Waals surface area contributed by atoms with Crippen molar-refractivity contribution in [1.29, 1.82) is 0 Å². The zero-order chi connectivity index (χ0) is 13.0. The Morgan fingerprint density at radius 1 is 1.28 bits per heavy atom. The Morgan fingerprint density at radius 2 is 2.06 bits per heavy atom. The van der Waals surface area contributed by atoms with E-state index in [0.717, 1.165) is 22.5 Å². The van der Waals surface area contributed by atoms with Crippen LogP contribution in [0, 0.1) is 10.5 Å². The summed E-state index contributed by atoms with van der Waals surface area (Å²) in [5.41, 5.74) is 2.66. The van der Waals surface area contributed by atoms with Gasteiger partial charge in [-0.2, -0.15) is 0 Å². The van der Waals surface area contributed by atoms with Crippen LogP contribution in [0.3, 0.4) is 0 Å². The maximum absolute atomic E-state index is 4.38. The van der Waals surface area contributed by atoms with Gasteiger partial charge in [-0.3, -0.25) is 0 Å². The molecule has 0 aliphatic rings. The number of hydrogen-bond donors (Lipinski definition) is 0. The predicted molar refractivity (Wildman–Crippen MR) is 82.7 cm³/mol. The second-order valence-corrected chi connectivity index (χ2v) is 5.30. The molecule has 1 heterocycles. The minimum Gasteiger partial charge on any atom is -0.352 e. The van der Waals surface area contributed by atoms with Crippen LogP contribution in [0.1, 0.15) is 18.1 Å². The third-order valence-electron chi connectivity index (χ3n) is 2.95. The summed E-state index contributed by atoms with van der Waals surface area (Å²) < 4.78 is 1.09. The highest BCUT2D eigenvalue weighted by Crippen LogP contribution is 2.21. The van der Waals surface area contributed by atoms with E-state index in [2.05, 4.69) is 75.6 Å². The Balaban J connectivity index is 2.26.